The van der Waals surface area contributed by atoms with Crippen LogP contribution < -0.4 is 0 Å². The van der Waals surface area contributed by atoms with Crippen molar-refractivity contribution in [3.05, 3.63) is 40.4 Å². The Balaban J connectivity index is 2.97. The molecule has 62 valence electrons. The molecule has 0 radical (unpaired) electrons. The van der Waals surface area contributed by atoms with Crippen LogP contribution in [0.5, 0.6) is 0 Å². The molecule has 3 heteroatoms. The molecule has 0 atom stereocenters. The summed E-state index contributed by atoms with van der Waals surface area (Å²) in [6.07, 6.45) is 2.15. The van der Waals surface area contributed by atoms with E-state index >= 15 is 0 Å². The second-order valence-electron chi connectivity index (χ2n) is 2.19. The average molecular weight is 243 g/mol. The molecule has 0 heterocycles. The van der Waals surface area contributed by atoms with Crippen LogP contribution in [-0.2, 0) is 4.79 Å². The summed E-state index contributed by atoms with van der Waals surface area (Å²) < 4.78 is 1.01. The second-order valence-corrected chi connectivity index (χ2v) is 3.59. The maximum absolute atomic E-state index is 10.1. The predicted molar refractivity (Wildman–Crippen MR) is 57.2 cm³/mol. The Bertz CT molecular complexity index is 303. The molecular weight excluding hydrogens is 236 g/mol. The zero-order chi connectivity index (χ0) is 8.97. The van der Waals surface area contributed by atoms with Gasteiger partial charge in [-0.25, -0.2) is 0 Å². The number of halogens is 1. The first-order chi connectivity index (χ1) is 5.74. The van der Waals surface area contributed by atoms with Crippen LogP contribution in [0.15, 0.2) is 34.8 Å². The molecule has 0 bridgehead atoms. The van der Waals surface area contributed by atoms with Gasteiger partial charge in [0.15, 0.2) is 0 Å². The van der Waals surface area contributed by atoms with E-state index in [1.165, 1.54) is 6.08 Å². The minimum atomic E-state index is 0.678. The highest BCUT2D eigenvalue weighted by Crippen LogP contribution is 2.19. The number of carbonyl (C=O) groups is 1. The number of benzene rings is 1. The number of hydrogen-bond donors (Lipinski definition) is 1. The van der Waals surface area contributed by atoms with Gasteiger partial charge in [-0.1, -0.05) is 28.1 Å². The lowest BCUT2D eigenvalue weighted by Gasteiger charge is -1.97. The second kappa shape index (κ2) is 4.48. The van der Waals surface area contributed by atoms with Crippen molar-refractivity contribution >= 4 is 39.8 Å². The molecule has 0 unspecified atom stereocenters. The first kappa shape index (κ1) is 9.55. The highest BCUT2D eigenvalue weighted by molar-refractivity contribution is 9.10. The first-order valence-electron chi connectivity index (χ1n) is 3.34. The smallest absolute Gasteiger partial charge is 0.143 e. The molecule has 0 spiro atoms. The minimum Gasteiger partial charge on any atom is -0.299 e. The van der Waals surface area contributed by atoms with Crippen LogP contribution >= 0.6 is 28.6 Å². The standard InChI is InChI=1S/C9H7BrOS/c10-8-3-1-7(2-4-8)9(12)5-6-11/h1-6,12H/b9-5-. The molecule has 0 N–H and O–H groups in total. The van der Waals surface area contributed by atoms with Crippen molar-refractivity contribution in [2.75, 3.05) is 0 Å². The van der Waals surface area contributed by atoms with E-state index in [-0.39, 0.29) is 0 Å². The summed E-state index contributed by atoms with van der Waals surface area (Å²) in [5, 5.41) is 0. The van der Waals surface area contributed by atoms with Crippen molar-refractivity contribution in [2.45, 2.75) is 0 Å². The van der Waals surface area contributed by atoms with E-state index < -0.39 is 0 Å². The SMILES string of the molecule is O=C/C=C(\S)c1ccc(Br)cc1. The largest absolute Gasteiger partial charge is 0.299 e. The molecule has 0 aliphatic rings. The molecule has 0 aromatic heterocycles. The van der Waals surface area contributed by atoms with Gasteiger partial charge >= 0.3 is 0 Å². The molecule has 0 aliphatic carbocycles. The van der Waals surface area contributed by atoms with E-state index in [0.717, 1.165) is 16.3 Å². The van der Waals surface area contributed by atoms with Crippen LogP contribution in [0.2, 0.25) is 0 Å². The van der Waals surface area contributed by atoms with E-state index in [9.17, 15) is 4.79 Å². The van der Waals surface area contributed by atoms with E-state index in [2.05, 4.69) is 28.6 Å². The van der Waals surface area contributed by atoms with Crippen molar-refractivity contribution in [1.82, 2.24) is 0 Å². The van der Waals surface area contributed by atoms with Crippen molar-refractivity contribution in [2.24, 2.45) is 0 Å². The van der Waals surface area contributed by atoms with E-state index in [0.29, 0.717) is 4.91 Å². The highest BCUT2D eigenvalue weighted by atomic mass is 79.9. The molecule has 0 fully saturated rings. The Morgan fingerprint density at radius 2 is 1.92 bits per heavy atom. The van der Waals surface area contributed by atoms with Gasteiger partial charge in [0.1, 0.15) is 6.29 Å². The Hall–Kier alpha value is -0.540. The van der Waals surface area contributed by atoms with Gasteiger partial charge in [0.2, 0.25) is 0 Å². The lowest BCUT2D eigenvalue weighted by molar-refractivity contribution is -0.104. The molecule has 0 saturated heterocycles. The molecule has 1 nitrogen and oxygen atoms in total. The Labute approximate surface area is 85.0 Å². The van der Waals surface area contributed by atoms with Gasteiger partial charge in [0, 0.05) is 9.38 Å². The summed E-state index contributed by atoms with van der Waals surface area (Å²) in [5.41, 5.74) is 0.939. The lowest BCUT2D eigenvalue weighted by atomic mass is 10.2. The normalized spacial score (nSPS) is 11.3. The summed E-state index contributed by atoms with van der Waals surface area (Å²) in [6, 6.07) is 7.60. The number of thiol groups is 1. The molecule has 1 rings (SSSR count). The van der Waals surface area contributed by atoms with Gasteiger partial charge in [0.05, 0.1) is 0 Å². The maximum atomic E-state index is 10.1. The van der Waals surface area contributed by atoms with Gasteiger partial charge in [0.25, 0.3) is 0 Å². The Kier molecular flexibility index (Phi) is 3.56. The maximum Gasteiger partial charge on any atom is 0.143 e. The van der Waals surface area contributed by atoms with Crippen molar-refractivity contribution < 1.29 is 4.79 Å². The minimum absolute atomic E-state index is 0.678. The summed E-state index contributed by atoms with van der Waals surface area (Å²) in [5.74, 6) is 0. The van der Waals surface area contributed by atoms with Crippen LogP contribution in [0.25, 0.3) is 4.91 Å². The average Bonchev–Trinajstić information content (AvgIpc) is 2.06. The summed E-state index contributed by atoms with van der Waals surface area (Å²) in [6.45, 7) is 0. The topological polar surface area (TPSA) is 17.1 Å². The van der Waals surface area contributed by atoms with Crippen LogP contribution in [0.1, 0.15) is 5.56 Å². The summed E-state index contributed by atoms with van der Waals surface area (Å²) >= 11 is 7.47. The zero-order valence-corrected chi connectivity index (χ0v) is 8.68. The lowest BCUT2D eigenvalue weighted by Crippen LogP contribution is -1.76. The third-order valence-corrected chi connectivity index (χ3v) is 2.30. The summed E-state index contributed by atoms with van der Waals surface area (Å²) in [4.78, 5) is 10.8. The molecular formula is C9H7BrOS. The number of carbonyl (C=O) groups excluding carboxylic acids is 1. The molecule has 12 heavy (non-hydrogen) atoms. The third-order valence-electron chi connectivity index (χ3n) is 1.37. The number of hydrogen-bond acceptors (Lipinski definition) is 2. The van der Waals surface area contributed by atoms with Crippen LogP contribution in [-0.4, -0.2) is 6.29 Å². The van der Waals surface area contributed by atoms with Crippen LogP contribution in [0.3, 0.4) is 0 Å². The van der Waals surface area contributed by atoms with Gasteiger partial charge in [-0.15, -0.1) is 12.6 Å². The fourth-order valence-corrected chi connectivity index (χ4v) is 1.26. The Morgan fingerprint density at radius 1 is 1.33 bits per heavy atom. The van der Waals surface area contributed by atoms with E-state index in [4.69, 9.17) is 0 Å². The van der Waals surface area contributed by atoms with E-state index in [1.54, 1.807) is 0 Å². The fourth-order valence-electron chi connectivity index (χ4n) is 0.781. The molecule has 0 saturated carbocycles. The van der Waals surface area contributed by atoms with Crippen molar-refractivity contribution in [1.29, 1.82) is 0 Å². The van der Waals surface area contributed by atoms with Gasteiger partial charge < -0.3 is 0 Å². The monoisotopic (exact) mass is 242 g/mol. The molecule has 0 amide bonds. The Morgan fingerprint density at radius 3 is 2.42 bits per heavy atom. The van der Waals surface area contributed by atoms with Gasteiger partial charge in [-0.2, -0.15) is 0 Å². The zero-order valence-electron chi connectivity index (χ0n) is 6.20. The fraction of sp³-hybridized carbons (Fsp3) is 0. The summed E-state index contributed by atoms with van der Waals surface area (Å²) in [7, 11) is 0. The first-order valence-corrected chi connectivity index (χ1v) is 4.58. The van der Waals surface area contributed by atoms with Gasteiger partial charge in [-0.3, -0.25) is 4.79 Å². The number of allylic oxidation sites excluding steroid dienone is 1. The van der Waals surface area contributed by atoms with Crippen molar-refractivity contribution in [3.63, 3.8) is 0 Å². The van der Waals surface area contributed by atoms with E-state index in [1.807, 2.05) is 24.3 Å². The number of rotatable bonds is 2. The van der Waals surface area contributed by atoms with Crippen LogP contribution in [0.4, 0.5) is 0 Å². The van der Waals surface area contributed by atoms with Crippen LogP contribution in [0, 0.1) is 0 Å². The quantitative estimate of drug-likeness (QED) is 0.480. The van der Waals surface area contributed by atoms with Crippen molar-refractivity contribution in [3.8, 4) is 0 Å². The molecule has 1 aromatic rings. The number of aldehydes is 1. The molecule has 1 aromatic carbocycles. The molecule has 0 aliphatic heterocycles. The highest BCUT2D eigenvalue weighted by Gasteiger charge is 1.94. The third kappa shape index (κ3) is 2.50. The predicted octanol–water partition coefficient (Wildman–Crippen LogP) is 2.92. The van der Waals surface area contributed by atoms with Gasteiger partial charge in [-0.05, 0) is 23.8 Å².